The minimum atomic E-state index is 0.0754. The van der Waals surface area contributed by atoms with E-state index in [1.54, 1.807) is 4.40 Å². The van der Waals surface area contributed by atoms with Crippen molar-refractivity contribution in [3.8, 4) is 0 Å². The number of hydrogen-bond donors (Lipinski definition) is 0. The Kier molecular flexibility index (Phi) is 3.53. The number of fused-ring (bicyclic) bond motifs is 3. The van der Waals surface area contributed by atoms with Crippen LogP contribution < -0.4 is 5.56 Å². The second-order valence-electron chi connectivity index (χ2n) is 5.46. The smallest absolute Gasteiger partial charge is 0.262 e. The SMILES string of the molecule is CCCCn1c(C)c(CC)c(=O)n2c3ccccc3nc12. The average molecular weight is 283 g/mol. The van der Waals surface area contributed by atoms with Gasteiger partial charge in [-0.05, 0) is 31.9 Å². The fourth-order valence-electron chi connectivity index (χ4n) is 2.99. The molecule has 0 aliphatic rings. The normalized spacial score (nSPS) is 11.6. The molecule has 4 nitrogen and oxygen atoms in total. The van der Waals surface area contributed by atoms with E-state index in [-0.39, 0.29) is 5.56 Å². The Morgan fingerprint density at radius 3 is 2.67 bits per heavy atom. The van der Waals surface area contributed by atoms with Gasteiger partial charge < -0.3 is 4.57 Å². The Balaban J connectivity index is 2.46. The van der Waals surface area contributed by atoms with Crippen LogP contribution in [0.15, 0.2) is 29.1 Å². The quantitative estimate of drug-likeness (QED) is 0.737. The van der Waals surface area contributed by atoms with Crippen LogP contribution in [0.5, 0.6) is 0 Å². The van der Waals surface area contributed by atoms with Crippen LogP contribution in [-0.2, 0) is 13.0 Å². The Labute approximate surface area is 124 Å². The summed E-state index contributed by atoms with van der Waals surface area (Å²) >= 11 is 0. The molecule has 2 heterocycles. The van der Waals surface area contributed by atoms with Crippen LogP contribution in [0.2, 0.25) is 0 Å². The lowest BCUT2D eigenvalue weighted by Gasteiger charge is -2.15. The van der Waals surface area contributed by atoms with Gasteiger partial charge >= 0.3 is 0 Å². The maximum atomic E-state index is 12.8. The molecule has 2 aromatic heterocycles. The molecule has 0 unspecified atom stereocenters. The number of aryl methyl sites for hydroxylation is 1. The van der Waals surface area contributed by atoms with E-state index in [0.717, 1.165) is 53.9 Å². The fraction of sp³-hybridized carbons (Fsp3) is 0.412. The second-order valence-corrected chi connectivity index (χ2v) is 5.46. The van der Waals surface area contributed by atoms with Crippen LogP contribution in [0.4, 0.5) is 0 Å². The summed E-state index contributed by atoms with van der Waals surface area (Å²) in [6.45, 7) is 7.16. The molecule has 0 fully saturated rings. The van der Waals surface area contributed by atoms with E-state index in [9.17, 15) is 4.79 Å². The van der Waals surface area contributed by atoms with E-state index in [4.69, 9.17) is 4.98 Å². The van der Waals surface area contributed by atoms with Gasteiger partial charge in [0.05, 0.1) is 11.0 Å². The molecule has 0 amide bonds. The summed E-state index contributed by atoms with van der Waals surface area (Å²) < 4.78 is 3.97. The number of nitrogens with zero attached hydrogens (tertiary/aromatic N) is 3. The molecule has 0 atom stereocenters. The van der Waals surface area contributed by atoms with Crippen molar-refractivity contribution in [3.63, 3.8) is 0 Å². The third-order valence-corrected chi connectivity index (χ3v) is 4.18. The van der Waals surface area contributed by atoms with Crippen LogP contribution in [-0.4, -0.2) is 14.0 Å². The predicted octanol–water partition coefficient (Wildman–Crippen LogP) is 3.32. The summed E-state index contributed by atoms with van der Waals surface area (Å²) in [4.78, 5) is 17.5. The summed E-state index contributed by atoms with van der Waals surface area (Å²) in [6, 6.07) is 7.85. The van der Waals surface area contributed by atoms with E-state index >= 15 is 0 Å². The molecule has 0 radical (unpaired) electrons. The molecule has 0 N–H and O–H groups in total. The van der Waals surface area contributed by atoms with Crippen molar-refractivity contribution in [2.45, 2.75) is 46.6 Å². The van der Waals surface area contributed by atoms with Gasteiger partial charge in [-0.25, -0.2) is 9.38 Å². The predicted molar refractivity (Wildman–Crippen MR) is 86.0 cm³/mol. The van der Waals surface area contributed by atoms with E-state index < -0.39 is 0 Å². The number of imidazole rings is 1. The molecular weight excluding hydrogens is 262 g/mol. The molecule has 0 saturated heterocycles. The van der Waals surface area contributed by atoms with Gasteiger partial charge in [-0.1, -0.05) is 32.4 Å². The fourth-order valence-corrected chi connectivity index (χ4v) is 2.99. The van der Waals surface area contributed by atoms with E-state index in [1.807, 2.05) is 38.1 Å². The van der Waals surface area contributed by atoms with Gasteiger partial charge in [0.15, 0.2) is 0 Å². The summed E-state index contributed by atoms with van der Waals surface area (Å²) in [7, 11) is 0. The Morgan fingerprint density at radius 2 is 1.95 bits per heavy atom. The topological polar surface area (TPSA) is 39.3 Å². The number of hydrogen-bond acceptors (Lipinski definition) is 2. The van der Waals surface area contributed by atoms with Gasteiger partial charge in [-0.15, -0.1) is 0 Å². The molecule has 110 valence electrons. The molecule has 3 rings (SSSR count). The average Bonchev–Trinajstić information content (AvgIpc) is 2.87. The number of unbranched alkanes of at least 4 members (excludes halogenated alkanes) is 1. The molecule has 0 bridgehead atoms. The maximum absolute atomic E-state index is 12.8. The molecule has 0 aliphatic heterocycles. The highest BCUT2D eigenvalue weighted by atomic mass is 16.1. The van der Waals surface area contributed by atoms with E-state index in [1.165, 1.54) is 0 Å². The second kappa shape index (κ2) is 5.35. The third kappa shape index (κ3) is 2.06. The van der Waals surface area contributed by atoms with Gasteiger partial charge in [-0.2, -0.15) is 0 Å². The minimum absolute atomic E-state index is 0.0754. The highest BCUT2D eigenvalue weighted by molar-refractivity contribution is 5.79. The molecule has 21 heavy (non-hydrogen) atoms. The lowest BCUT2D eigenvalue weighted by atomic mass is 10.2. The van der Waals surface area contributed by atoms with Crippen LogP contribution in [0.25, 0.3) is 16.8 Å². The number of aromatic nitrogens is 3. The van der Waals surface area contributed by atoms with Gasteiger partial charge in [0.2, 0.25) is 5.78 Å². The van der Waals surface area contributed by atoms with Crippen LogP contribution in [0.3, 0.4) is 0 Å². The van der Waals surface area contributed by atoms with Crippen molar-refractivity contribution in [2.24, 2.45) is 0 Å². The van der Waals surface area contributed by atoms with Crippen molar-refractivity contribution < 1.29 is 0 Å². The van der Waals surface area contributed by atoms with Crippen molar-refractivity contribution >= 4 is 16.8 Å². The summed E-state index contributed by atoms with van der Waals surface area (Å²) in [5.41, 5.74) is 3.80. The molecule has 4 heteroatoms. The van der Waals surface area contributed by atoms with Crippen molar-refractivity contribution in [1.29, 1.82) is 0 Å². The van der Waals surface area contributed by atoms with Crippen molar-refractivity contribution in [1.82, 2.24) is 14.0 Å². The largest absolute Gasteiger partial charge is 0.315 e. The zero-order chi connectivity index (χ0) is 15.0. The molecule has 1 aromatic carbocycles. The molecule has 3 aromatic rings. The Bertz CT molecular complexity index is 858. The highest BCUT2D eigenvalue weighted by Gasteiger charge is 2.16. The number of benzene rings is 1. The van der Waals surface area contributed by atoms with Gasteiger partial charge in [-0.3, -0.25) is 4.79 Å². The lowest BCUT2D eigenvalue weighted by molar-refractivity contribution is 0.611. The van der Waals surface area contributed by atoms with Crippen molar-refractivity contribution in [3.05, 3.63) is 45.9 Å². The van der Waals surface area contributed by atoms with Crippen LogP contribution in [0.1, 0.15) is 37.9 Å². The molecule has 0 aliphatic carbocycles. The zero-order valence-electron chi connectivity index (χ0n) is 12.9. The summed E-state index contributed by atoms with van der Waals surface area (Å²) in [5.74, 6) is 0.768. The number of rotatable bonds is 4. The first-order valence-corrected chi connectivity index (χ1v) is 7.68. The summed E-state index contributed by atoms with van der Waals surface area (Å²) in [6.07, 6.45) is 2.96. The minimum Gasteiger partial charge on any atom is -0.315 e. The highest BCUT2D eigenvalue weighted by Crippen LogP contribution is 2.18. The van der Waals surface area contributed by atoms with E-state index in [0.29, 0.717) is 0 Å². The maximum Gasteiger partial charge on any atom is 0.262 e. The lowest BCUT2D eigenvalue weighted by Crippen LogP contribution is -2.25. The Morgan fingerprint density at radius 1 is 1.19 bits per heavy atom. The summed E-state index contributed by atoms with van der Waals surface area (Å²) in [5, 5.41) is 0. The first-order chi connectivity index (χ1) is 10.2. The Hall–Kier alpha value is -2.10. The molecule has 0 spiro atoms. The van der Waals surface area contributed by atoms with Gasteiger partial charge in [0.25, 0.3) is 5.56 Å². The number of para-hydroxylation sites is 2. The standard InChI is InChI=1S/C17H21N3O/c1-4-6-11-19-12(3)13(5-2)16(21)20-15-10-8-7-9-14(15)18-17(19)20/h7-10H,4-6,11H2,1-3H3. The first-order valence-electron chi connectivity index (χ1n) is 7.68. The third-order valence-electron chi connectivity index (χ3n) is 4.18. The molecular formula is C17H21N3O. The monoisotopic (exact) mass is 283 g/mol. The zero-order valence-corrected chi connectivity index (χ0v) is 12.9. The van der Waals surface area contributed by atoms with Gasteiger partial charge in [0.1, 0.15) is 0 Å². The van der Waals surface area contributed by atoms with Gasteiger partial charge in [0, 0.05) is 17.8 Å². The van der Waals surface area contributed by atoms with Crippen LogP contribution >= 0.6 is 0 Å². The van der Waals surface area contributed by atoms with E-state index in [2.05, 4.69) is 11.5 Å². The van der Waals surface area contributed by atoms with Crippen molar-refractivity contribution in [2.75, 3.05) is 0 Å². The van der Waals surface area contributed by atoms with Crippen LogP contribution in [0, 0.1) is 6.92 Å². The molecule has 0 saturated carbocycles. The first kappa shape index (κ1) is 13.9.